The third-order valence-electron chi connectivity index (χ3n) is 3.33. The van der Waals surface area contributed by atoms with Crippen molar-refractivity contribution in [2.75, 3.05) is 13.6 Å². The quantitative estimate of drug-likeness (QED) is 0.827. The Morgan fingerprint density at radius 2 is 2.00 bits per heavy atom. The Morgan fingerprint density at radius 3 is 2.48 bits per heavy atom. The Morgan fingerprint density at radius 1 is 1.38 bits per heavy atom. The molecule has 9 heteroatoms. The van der Waals surface area contributed by atoms with E-state index < -0.39 is 49.1 Å². The number of aromatic carboxylic acids is 1. The van der Waals surface area contributed by atoms with Crippen LogP contribution in [0.5, 0.6) is 0 Å². The first-order valence-corrected chi connectivity index (χ1v) is 7.42. The van der Waals surface area contributed by atoms with Crippen molar-refractivity contribution >= 4 is 21.7 Å². The van der Waals surface area contributed by atoms with Crippen LogP contribution < -0.4 is 0 Å². The number of sulfone groups is 1. The summed E-state index contributed by atoms with van der Waals surface area (Å²) in [5.74, 6) is -5.69. The normalized spacial score (nSPS) is 19.1. The number of benzene rings is 1. The van der Waals surface area contributed by atoms with Gasteiger partial charge in [0.25, 0.3) is 0 Å². The second-order valence-electron chi connectivity index (χ2n) is 4.62. The van der Waals surface area contributed by atoms with E-state index in [1.807, 2.05) is 0 Å². The zero-order valence-electron chi connectivity index (χ0n) is 10.8. The first kappa shape index (κ1) is 15.4. The zero-order valence-corrected chi connectivity index (χ0v) is 11.7. The van der Waals surface area contributed by atoms with Gasteiger partial charge < -0.3 is 10.0 Å². The number of hydrogen-bond acceptors (Lipinski definition) is 4. The van der Waals surface area contributed by atoms with Crippen LogP contribution in [0.1, 0.15) is 16.8 Å². The molecule has 1 aromatic rings. The van der Waals surface area contributed by atoms with Gasteiger partial charge in [0.2, 0.25) is 5.91 Å². The number of carbonyl (C=O) groups excluding carboxylic acids is 1. The Balaban J connectivity index is 2.59. The molecule has 1 aromatic carbocycles. The maximum atomic E-state index is 14.0. The van der Waals surface area contributed by atoms with E-state index in [0.29, 0.717) is 12.1 Å². The van der Waals surface area contributed by atoms with E-state index in [1.54, 1.807) is 0 Å². The van der Waals surface area contributed by atoms with E-state index in [0.717, 1.165) is 0 Å². The van der Waals surface area contributed by atoms with Gasteiger partial charge in [0.15, 0.2) is 15.7 Å². The van der Waals surface area contributed by atoms with Gasteiger partial charge in [-0.2, -0.15) is 0 Å². The van der Waals surface area contributed by atoms with E-state index in [-0.39, 0.29) is 13.0 Å². The highest BCUT2D eigenvalue weighted by Gasteiger charge is 2.42. The highest BCUT2D eigenvalue weighted by Crippen LogP contribution is 2.28. The molecule has 0 saturated carbocycles. The van der Waals surface area contributed by atoms with Crippen molar-refractivity contribution in [3.8, 4) is 0 Å². The number of carboxylic acids is 1. The van der Waals surface area contributed by atoms with Crippen LogP contribution in [0.15, 0.2) is 17.0 Å². The van der Waals surface area contributed by atoms with Crippen molar-refractivity contribution < 1.29 is 31.9 Å². The highest BCUT2D eigenvalue weighted by atomic mass is 32.2. The monoisotopic (exact) mass is 319 g/mol. The standard InChI is InChI=1S/C12H11F2NO5S/c1-15-5-4-8(11(15)16)21(19,20)7-3-2-6(13)9(10(7)14)12(17)18/h2-3,8H,4-5H2,1H3,(H,17,18). The molecule has 0 aromatic heterocycles. The Bertz CT molecular complexity index is 731. The minimum absolute atomic E-state index is 0.0309. The summed E-state index contributed by atoms with van der Waals surface area (Å²) in [6.07, 6.45) is -0.0309. The number of carboxylic acid groups (broad SMARTS) is 1. The molecule has 1 heterocycles. The molecular formula is C12H11F2NO5S. The largest absolute Gasteiger partial charge is 0.477 e. The lowest BCUT2D eigenvalue weighted by molar-refractivity contribution is -0.126. The third-order valence-corrected chi connectivity index (χ3v) is 5.44. The molecular weight excluding hydrogens is 308 g/mol. The Kier molecular flexibility index (Phi) is 3.70. The first-order chi connectivity index (χ1) is 9.67. The number of nitrogens with zero attached hydrogens (tertiary/aromatic N) is 1. The lowest BCUT2D eigenvalue weighted by Crippen LogP contribution is -2.32. The van der Waals surface area contributed by atoms with Crippen molar-refractivity contribution in [2.24, 2.45) is 0 Å². The van der Waals surface area contributed by atoms with Crippen molar-refractivity contribution in [3.05, 3.63) is 29.3 Å². The minimum atomic E-state index is -4.42. The van der Waals surface area contributed by atoms with E-state index in [9.17, 15) is 26.8 Å². The maximum Gasteiger partial charge on any atom is 0.341 e. The van der Waals surface area contributed by atoms with Crippen molar-refractivity contribution in [2.45, 2.75) is 16.6 Å². The van der Waals surface area contributed by atoms with Gasteiger partial charge >= 0.3 is 5.97 Å². The van der Waals surface area contributed by atoms with E-state index in [4.69, 9.17) is 5.11 Å². The number of amides is 1. The fraction of sp³-hybridized carbons (Fsp3) is 0.333. The van der Waals surface area contributed by atoms with Crippen LogP contribution in [0.4, 0.5) is 8.78 Å². The van der Waals surface area contributed by atoms with Crippen LogP contribution in [-0.4, -0.2) is 49.1 Å². The second kappa shape index (κ2) is 5.06. The zero-order chi connectivity index (χ0) is 15.9. The van der Waals surface area contributed by atoms with Crippen LogP contribution in [0.3, 0.4) is 0 Å². The van der Waals surface area contributed by atoms with Gasteiger partial charge in [0.1, 0.15) is 21.5 Å². The van der Waals surface area contributed by atoms with E-state index in [2.05, 4.69) is 0 Å². The fourth-order valence-electron chi connectivity index (χ4n) is 2.18. The number of carbonyl (C=O) groups is 2. The molecule has 1 aliphatic heterocycles. The Labute approximate surface area is 118 Å². The summed E-state index contributed by atoms with van der Waals surface area (Å²) in [7, 11) is -3.02. The molecule has 6 nitrogen and oxygen atoms in total. The second-order valence-corrected chi connectivity index (χ2v) is 6.72. The summed E-state index contributed by atoms with van der Waals surface area (Å²) in [4.78, 5) is 22.8. The molecule has 114 valence electrons. The number of halogens is 2. The maximum absolute atomic E-state index is 14.0. The van der Waals surface area contributed by atoms with Crippen LogP contribution in [0.2, 0.25) is 0 Å². The average Bonchev–Trinajstić information content (AvgIpc) is 2.69. The Hall–Kier alpha value is -2.03. The SMILES string of the molecule is CN1CCC(S(=O)(=O)c2ccc(F)c(C(=O)O)c2F)C1=O. The molecule has 21 heavy (non-hydrogen) atoms. The third kappa shape index (κ3) is 2.37. The predicted molar refractivity (Wildman–Crippen MR) is 66.5 cm³/mol. The van der Waals surface area contributed by atoms with Crippen LogP contribution >= 0.6 is 0 Å². The molecule has 1 N–H and O–H groups in total. The molecule has 1 atom stereocenters. The summed E-state index contributed by atoms with van der Waals surface area (Å²) in [5.41, 5.74) is -1.35. The molecule has 0 aliphatic carbocycles. The first-order valence-electron chi connectivity index (χ1n) is 5.88. The van der Waals surface area contributed by atoms with Crippen LogP contribution in [0, 0.1) is 11.6 Å². The molecule has 1 amide bonds. The van der Waals surface area contributed by atoms with Gasteiger partial charge in [-0.05, 0) is 18.6 Å². The molecule has 0 radical (unpaired) electrons. The van der Waals surface area contributed by atoms with E-state index in [1.165, 1.54) is 11.9 Å². The highest BCUT2D eigenvalue weighted by molar-refractivity contribution is 7.92. The summed E-state index contributed by atoms with van der Waals surface area (Å²) in [6.45, 7) is 0.192. The number of likely N-dealkylation sites (tertiary alicyclic amines) is 1. The molecule has 1 aliphatic rings. The van der Waals surface area contributed by atoms with Crippen LogP contribution in [-0.2, 0) is 14.6 Å². The van der Waals surface area contributed by atoms with Gasteiger partial charge in [0.05, 0.1) is 0 Å². The van der Waals surface area contributed by atoms with Gasteiger partial charge in [-0.3, -0.25) is 4.79 Å². The predicted octanol–water partition coefficient (Wildman–Crippen LogP) is 0.667. The lowest BCUT2D eigenvalue weighted by atomic mass is 10.2. The van der Waals surface area contributed by atoms with Gasteiger partial charge in [-0.25, -0.2) is 22.0 Å². The van der Waals surface area contributed by atoms with Crippen molar-refractivity contribution in [1.82, 2.24) is 4.90 Å². The summed E-state index contributed by atoms with van der Waals surface area (Å²) in [6, 6.07) is 1.20. The fourth-order valence-corrected chi connectivity index (χ4v) is 3.96. The molecule has 1 fully saturated rings. The molecule has 1 saturated heterocycles. The van der Waals surface area contributed by atoms with E-state index >= 15 is 0 Å². The van der Waals surface area contributed by atoms with Gasteiger partial charge in [-0.15, -0.1) is 0 Å². The average molecular weight is 319 g/mol. The van der Waals surface area contributed by atoms with Gasteiger partial charge in [-0.1, -0.05) is 0 Å². The van der Waals surface area contributed by atoms with Crippen LogP contribution in [0.25, 0.3) is 0 Å². The van der Waals surface area contributed by atoms with Crippen molar-refractivity contribution in [3.63, 3.8) is 0 Å². The molecule has 2 rings (SSSR count). The van der Waals surface area contributed by atoms with Crippen molar-refractivity contribution in [1.29, 1.82) is 0 Å². The minimum Gasteiger partial charge on any atom is -0.477 e. The molecule has 0 spiro atoms. The molecule has 0 bridgehead atoms. The number of rotatable bonds is 3. The summed E-state index contributed by atoms with van der Waals surface area (Å²) < 4.78 is 51.9. The summed E-state index contributed by atoms with van der Waals surface area (Å²) >= 11 is 0. The number of hydrogen-bond donors (Lipinski definition) is 1. The topological polar surface area (TPSA) is 91.8 Å². The summed E-state index contributed by atoms with van der Waals surface area (Å²) in [5, 5.41) is 7.26. The lowest BCUT2D eigenvalue weighted by Gasteiger charge is -2.13. The van der Waals surface area contributed by atoms with Gasteiger partial charge in [0, 0.05) is 13.6 Å². The molecule has 1 unspecified atom stereocenters. The smallest absolute Gasteiger partial charge is 0.341 e.